The van der Waals surface area contributed by atoms with Crippen molar-refractivity contribution in [1.29, 1.82) is 0 Å². The fourth-order valence-corrected chi connectivity index (χ4v) is 1.83. The summed E-state index contributed by atoms with van der Waals surface area (Å²) < 4.78 is 0. The average molecular weight is 225 g/mol. The van der Waals surface area contributed by atoms with E-state index in [4.69, 9.17) is 11.6 Å². The highest BCUT2D eigenvalue weighted by atomic mass is 35.5. The van der Waals surface area contributed by atoms with Crippen molar-refractivity contribution in [2.45, 2.75) is 13.0 Å². The van der Waals surface area contributed by atoms with Gasteiger partial charge < -0.3 is 10.2 Å². The van der Waals surface area contributed by atoms with Gasteiger partial charge in [0.15, 0.2) is 0 Å². The second kappa shape index (κ2) is 4.21. The van der Waals surface area contributed by atoms with Crippen LogP contribution in [0.5, 0.6) is 0 Å². The van der Waals surface area contributed by atoms with Crippen molar-refractivity contribution in [3.8, 4) is 0 Å². The molecule has 4 heteroatoms. The van der Waals surface area contributed by atoms with E-state index in [0.717, 1.165) is 12.2 Å². The molecule has 1 aliphatic heterocycles. The Morgan fingerprint density at radius 1 is 1.40 bits per heavy atom. The Morgan fingerprint density at radius 3 is 2.73 bits per heavy atom. The first-order chi connectivity index (χ1) is 7.18. The van der Waals surface area contributed by atoms with Gasteiger partial charge in [-0.05, 0) is 31.2 Å². The van der Waals surface area contributed by atoms with Crippen LogP contribution < -0.4 is 10.2 Å². The van der Waals surface area contributed by atoms with E-state index in [1.54, 1.807) is 17.0 Å². The Bertz CT molecular complexity index is 363. The number of carbonyl (C=O) groups excluding carboxylic acids is 1. The van der Waals surface area contributed by atoms with Crippen molar-refractivity contribution >= 4 is 23.2 Å². The highest BCUT2D eigenvalue weighted by molar-refractivity contribution is 6.30. The fraction of sp³-hybridized carbons (Fsp3) is 0.364. The second-order valence-corrected chi connectivity index (χ2v) is 4.08. The topological polar surface area (TPSA) is 32.3 Å². The zero-order valence-electron chi connectivity index (χ0n) is 8.53. The molecule has 80 valence electrons. The molecular formula is C11H13ClN2O. The molecule has 1 unspecified atom stereocenters. The van der Waals surface area contributed by atoms with Crippen LogP contribution in [-0.4, -0.2) is 25.0 Å². The normalized spacial score (nSPS) is 21.9. The van der Waals surface area contributed by atoms with Gasteiger partial charge in [0.2, 0.25) is 5.91 Å². The number of nitrogens with one attached hydrogen (secondary N) is 1. The van der Waals surface area contributed by atoms with Gasteiger partial charge in [-0.1, -0.05) is 11.6 Å². The van der Waals surface area contributed by atoms with E-state index in [9.17, 15) is 4.79 Å². The third-order valence-electron chi connectivity index (χ3n) is 2.56. The number of hydrogen-bond donors (Lipinski definition) is 1. The molecular weight excluding hydrogens is 212 g/mol. The van der Waals surface area contributed by atoms with Gasteiger partial charge in [-0.25, -0.2) is 0 Å². The molecule has 1 saturated heterocycles. The van der Waals surface area contributed by atoms with Gasteiger partial charge in [0.25, 0.3) is 0 Å². The third kappa shape index (κ3) is 2.13. The van der Waals surface area contributed by atoms with Crippen molar-refractivity contribution in [3.63, 3.8) is 0 Å². The summed E-state index contributed by atoms with van der Waals surface area (Å²) in [7, 11) is 0. The molecule has 1 atom stereocenters. The maximum absolute atomic E-state index is 11.8. The van der Waals surface area contributed by atoms with Crippen molar-refractivity contribution in [1.82, 2.24) is 5.32 Å². The monoisotopic (exact) mass is 224 g/mol. The molecule has 1 aromatic carbocycles. The molecule has 0 aromatic heterocycles. The molecule has 2 rings (SSSR count). The Morgan fingerprint density at radius 2 is 2.07 bits per heavy atom. The van der Waals surface area contributed by atoms with Crippen LogP contribution in [-0.2, 0) is 4.79 Å². The third-order valence-corrected chi connectivity index (χ3v) is 2.81. The van der Waals surface area contributed by atoms with Crippen LogP contribution in [0.25, 0.3) is 0 Å². The molecule has 0 bridgehead atoms. The summed E-state index contributed by atoms with van der Waals surface area (Å²) in [4.78, 5) is 13.6. The lowest BCUT2D eigenvalue weighted by molar-refractivity contribution is -0.121. The van der Waals surface area contributed by atoms with E-state index in [2.05, 4.69) is 5.32 Å². The Hall–Kier alpha value is -1.06. The molecule has 1 N–H and O–H groups in total. The predicted octanol–water partition coefficient (Wildman–Crippen LogP) is 1.66. The van der Waals surface area contributed by atoms with Gasteiger partial charge in [-0.3, -0.25) is 4.79 Å². The number of anilines is 1. The second-order valence-electron chi connectivity index (χ2n) is 3.64. The van der Waals surface area contributed by atoms with E-state index in [1.807, 2.05) is 19.1 Å². The van der Waals surface area contributed by atoms with Gasteiger partial charge in [-0.2, -0.15) is 0 Å². The van der Waals surface area contributed by atoms with E-state index >= 15 is 0 Å². The van der Waals surface area contributed by atoms with Gasteiger partial charge >= 0.3 is 0 Å². The zero-order valence-corrected chi connectivity index (χ0v) is 9.29. The SMILES string of the molecule is CC1NCCN(c2ccc(Cl)cc2)C1=O. The summed E-state index contributed by atoms with van der Waals surface area (Å²) in [6.07, 6.45) is 0. The molecule has 0 radical (unpaired) electrons. The van der Waals surface area contributed by atoms with Crippen LogP contribution in [0.1, 0.15) is 6.92 Å². The molecule has 1 heterocycles. The number of amides is 1. The first-order valence-electron chi connectivity index (χ1n) is 4.99. The summed E-state index contributed by atoms with van der Waals surface area (Å²) in [5.74, 6) is 0.114. The van der Waals surface area contributed by atoms with Crippen molar-refractivity contribution in [3.05, 3.63) is 29.3 Å². The summed E-state index contributed by atoms with van der Waals surface area (Å²) in [5.41, 5.74) is 0.915. The number of hydrogen-bond acceptors (Lipinski definition) is 2. The molecule has 0 spiro atoms. The molecule has 1 amide bonds. The van der Waals surface area contributed by atoms with Crippen molar-refractivity contribution in [2.24, 2.45) is 0 Å². The van der Waals surface area contributed by atoms with Crippen LogP contribution >= 0.6 is 11.6 Å². The lowest BCUT2D eigenvalue weighted by atomic mass is 10.2. The van der Waals surface area contributed by atoms with Gasteiger partial charge in [-0.15, -0.1) is 0 Å². The smallest absolute Gasteiger partial charge is 0.243 e. The standard InChI is InChI=1S/C11H13ClN2O/c1-8-11(15)14(7-6-13-8)10-4-2-9(12)3-5-10/h2-5,8,13H,6-7H2,1H3. The number of benzene rings is 1. The van der Waals surface area contributed by atoms with Gasteiger partial charge in [0.1, 0.15) is 0 Å². The summed E-state index contributed by atoms with van der Waals surface area (Å²) in [6, 6.07) is 7.25. The summed E-state index contributed by atoms with van der Waals surface area (Å²) >= 11 is 5.80. The minimum Gasteiger partial charge on any atom is -0.310 e. The first kappa shape index (κ1) is 10.5. The van der Waals surface area contributed by atoms with Crippen molar-refractivity contribution < 1.29 is 4.79 Å². The first-order valence-corrected chi connectivity index (χ1v) is 5.36. The molecule has 1 aromatic rings. The lowest BCUT2D eigenvalue weighted by Gasteiger charge is -2.31. The molecule has 15 heavy (non-hydrogen) atoms. The number of piperazine rings is 1. The molecule has 0 saturated carbocycles. The summed E-state index contributed by atoms with van der Waals surface area (Å²) in [5, 5.41) is 3.81. The fourth-order valence-electron chi connectivity index (χ4n) is 1.70. The highest BCUT2D eigenvalue weighted by Gasteiger charge is 2.25. The van der Waals surface area contributed by atoms with Crippen LogP contribution in [0.2, 0.25) is 5.02 Å². The molecule has 3 nitrogen and oxygen atoms in total. The number of halogens is 1. The predicted molar refractivity (Wildman–Crippen MR) is 61.3 cm³/mol. The molecule has 0 aliphatic carbocycles. The number of nitrogens with zero attached hydrogens (tertiary/aromatic N) is 1. The van der Waals surface area contributed by atoms with Gasteiger partial charge in [0, 0.05) is 23.8 Å². The average Bonchev–Trinajstić information content (AvgIpc) is 2.24. The van der Waals surface area contributed by atoms with E-state index in [-0.39, 0.29) is 11.9 Å². The zero-order chi connectivity index (χ0) is 10.8. The van der Waals surface area contributed by atoms with E-state index in [1.165, 1.54) is 0 Å². The number of rotatable bonds is 1. The van der Waals surface area contributed by atoms with Gasteiger partial charge in [0.05, 0.1) is 6.04 Å². The maximum atomic E-state index is 11.8. The van der Waals surface area contributed by atoms with Crippen molar-refractivity contribution in [2.75, 3.05) is 18.0 Å². The Balaban J connectivity index is 2.22. The minimum absolute atomic E-state index is 0.102. The number of carbonyl (C=O) groups is 1. The summed E-state index contributed by atoms with van der Waals surface area (Å²) in [6.45, 7) is 3.42. The molecule has 1 aliphatic rings. The highest BCUT2D eigenvalue weighted by Crippen LogP contribution is 2.19. The Labute approximate surface area is 94.0 Å². The van der Waals surface area contributed by atoms with Crippen LogP contribution in [0.3, 0.4) is 0 Å². The largest absolute Gasteiger partial charge is 0.310 e. The van der Waals surface area contributed by atoms with E-state index in [0.29, 0.717) is 11.6 Å². The quantitative estimate of drug-likeness (QED) is 0.787. The van der Waals surface area contributed by atoms with Crippen LogP contribution in [0.4, 0.5) is 5.69 Å². The Kier molecular flexibility index (Phi) is 2.93. The minimum atomic E-state index is -0.102. The lowest BCUT2D eigenvalue weighted by Crippen LogP contribution is -2.53. The maximum Gasteiger partial charge on any atom is 0.243 e. The van der Waals surface area contributed by atoms with Crippen LogP contribution in [0.15, 0.2) is 24.3 Å². The van der Waals surface area contributed by atoms with Crippen LogP contribution in [0, 0.1) is 0 Å². The van der Waals surface area contributed by atoms with E-state index < -0.39 is 0 Å². The molecule has 1 fully saturated rings.